The van der Waals surface area contributed by atoms with E-state index in [2.05, 4.69) is 107 Å². The molecule has 5 heteroatoms. The van der Waals surface area contributed by atoms with Crippen LogP contribution in [0.25, 0.3) is 0 Å². The minimum atomic E-state index is -2.40. The van der Waals surface area contributed by atoms with Crippen molar-refractivity contribution in [2.75, 3.05) is 0 Å². The topological polar surface area (TPSA) is 41.5 Å². The van der Waals surface area contributed by atoms with E-state index in [0.29, 0.717) is 11.5 Å². The van der Waals surface area contributed by atoms with Crippen LogP contribution >= 0.6 is 8.60 Å². The van der Waals surface area contributed by atoms with Crippen molar-refractivity contribution in [3.8, 4) is 11.5 Å². The summed E-state index contributed by atoms with van der Waals surface area (Å²) in [4.78, 5) is 13.2. The Kier molecular flexibility index (Phi) is 11.0. The van der Waals surface area contributed by atoms with Gasteiger partial charge in [-0.3, -0.25) is 0 Å². The van der Waals surface area contributed by atoms with Gasteiger partial charge in [0.05, 0.1) is 0 Å². The molecule has 184 valence electrons. The average Bonchev–Trinajstić information content (AvgIpc) is 2.59. The molecule has 1 atom stereocenters. The minimum Gasteiger partial charge on any atom is -0.765 e. The van der Waals surface area contributed by atoms with Crippen molar-refractivity contribution in [2.24, 2.45) is 0 Å². The summed E-state index contributed by atoms with van der Waals surface area (Å²) in [5.41, 5.74) is 5.20. The van der Waals surface area contributed by atoms with Crippen LogP contribution in [-0.2, 0) is 21.7 Å². The van der Waals surface area contributed by atoms with Gasteiger partial charge in [0.25, 0.3) is 0 Å². The Morgan fingerprint density at radius 1 is 0.618 bits per heavy atom. The molecule has 0 aliphatic heterocycles. The first kappa shape index (κ1) is 32.5. The van der Waals surface area contributed by atoms with E-state index in [1.807, 2.05) is 13.0 Å². The van der Waals surface area contributed by atoms with E-state index in [9.17, 15) is 4.89 Å². The van der Waals surface area contributed by atoms with Gasteiger partial charge < -0.3 is 13.9 Å². The summed E-state index contributed by atoms with van der Waals surface area (Å²) in [6.45, 7) is 28.1. The SMILES string of the molecule is Cc1cc(C(C)(C)C)cc(C(C)(C)C)c1OP([O-])Oc1ccc(C(C)(C)C)cc1C(C)(C)C.[Cs+]. The van der Waals surface area contributed by atoms with Gasteiger partial charge in [-0.1, -0.05) is 107 Å². The van der Waals surface area contributed by atoms with Crippen molar-refractivity contribution in [3.05, 3.63) is 58.1 Å². The molecular formula is C29H44CsO3P. The van der Waals surface area contributed by atoms with Gasteiger partial charge in [0.2, 0.25) is 8.60 Å². The predicted octanol–water partition coefficient (Wildman–Crippen LogP) is 5.23. The molecule has 0 aliphatic carbocycles. The largest absolute Gasteiger partial charge is 1.00 e. The number of rotatable bonds is 4. The summed E-state index contributed by atoms with van der Waals surface area (Å²) >= 11 is 0. The van der Waals surface area contributed by atoms with E-state index in [-0.39, 0.29) is 90.6 Å². The Labute approximate surface area is 269 Å². The second-order valence-corrected chi connectivity index (χ2v) is 14.1. The molecule has 0 spiro atoms. The third-order valence-electron chi connectivity index (χ3n) is 5.94. The first-order valence-electron chi connectivity index (χ1n) is 11.8. The summed E-state index contributed by atoms with van der Waals surface area (Å²) in [7, 11) is -2.40. The van der Waals surface area contributed by atoms with Crippen LogP contribution in [0.3, 0.4) is 0 Å². The Hall–Kier alpha value is 0.482. The smallest absolute Gasteiger partial charge is 0.765 e. The molecule has 0 N–H and O–H groups in total. The Bertz CT molecular complexity index is 987. The molecule has 0 fully saturated rings. The van der Waals surface area contributed by atoms with Gasteiger partial charge in [0.1, 0.15) is 11.5 Å². The second-order valence-electron chi connectivity index (χ2n) is 13.3. The fourth-order valence-electron chi connectivity index (χ4n) is 3.72. The molecule has 34 heavy (non-hydrogen) atoms. The third kappa shape index (κ3) is 8.52. The summed E-state index contributed by atoms with van der Waals surface area (Å²) in [6.07, 6.45) is 0. The molecule has 2 rings (SSSR count). The maximum Gasteiger partial charge on any atom is 1.00 e. The Balaban J connectivity index is 0.00000578. The quantitative estimate of drug-likeness (QED) is 0.449. The zero-order valence-corrected chi connectivity index (χ0v) is 31.2. The van der Waals surface area contributed by atoms with Crippen LogP contribution in [0.4, 0.5) is 0 Å². The molecule has 2 aromatic carbocycles. The number of hydrogen-bond donors (Lipinski definition) is 0. The van der Waals surface area contributed by atoms with Crippen LogP contribution in [0, 0.1) is 6.92 Å². The van der Waals surface area contributed by atoms with Gasteiger partial charge in [-0.15, -0.1) is 0 Å². The monoisotopic (exact) mass is 604 g/mol. The van der Waals surface area contributed by atoms with Gasteiger partial charge in [-0.25, -0.2) is 0 Å². The number of aryl methyl sites for hydroxylation is 1. The molecule has 0 bridgehead atoms. The van der Waals surface area contributed by atoms with Crippen molar-refractivity contribution in [1.29, 1.82) is 0 Å². The van der Waals surface area contributed by atoms with Gasteiger partial charge in [0, 0.05) is 11.1 Å². The van der Waals surface area contributed by atoms with Gasteiger partial charge >= 0.3 is 68.9 Å². The maximum atomic E-state index is 13.2. The van der Waals surface area contributed by atoms with Crippen LogP contribution in [0.2, 0.25) is 0 Å². The third-order valence-corrected chi connectivity index (χ3v) is 6.62. The zero-order valence-electron chi connectivity index (χ0n) is 24.1. The van der Waals surface area contributed by atoms with Crippen molar-refractivity contribution < 1.29 is 82.8 Å². The van der Waals surface area contributed by atoms with E-state index in [1.165, 1.54) is 11.1 Å². The van der Waals surface area contributed by atoms with Gasteiger partial charge in [0.15, 0.2) is 0 Å². The van der Waals surface area contributed by atoms with Crippen molar-refractivity contribution in [3.63, 3.8) is 0 Å². The van der Waals surface area contributed by atoms with E-state index in [0.717, 1.165) is 16.7 Å². The Morgan fingerprint density at radius 2 is 1.09 bits per heavy atom. The van der Waals surface area contributed by atoms with Crippen LogP contribution in [0.1, 0.15) is 111 Å². The van der Waals surface area contributed by atoms with Crippen molar-refractivity contribution in [2.45, 2.75) is 112 Å². The molecule has 2 aromatic rings. The molecule has 0 saturated heterocycles. The minimum absolute atomic E-state index is 0. The number of benzene rings is 2. The first-order valence-corrected chi connectivity index (χ1v) is 12.9. The van der Waals surface area contributed by atoms with Crippen molar-refractivity contribution in [1.82, 2.24) is 0 Å². The summed E-state index contributed by atoms with van der Waals surface area (Å²) in [5, 5.41) is 0. The van der Waals surface area contributed by atoms with Crippen molar-refractivity contribution >= 4 is 8.60 Å². The summed E-state index contributed by atoms with van der Waals surface area (Å²) < 4.78 is 12.0. The molecular weight excluding hydrogens is 560 g/mol. The van der Waals surface area contributed by atoms with E-state index >= 15 is 0 Å². The summed E-state index contributed by atoms with van der Waals surface area (Å²) in [6, 6.07) is 10.5. The predicted molar refractivity (Wildman–Crippen MR) is 141 cm³/mol. The second kappa shape index (κ2) is 11.5. The van der Waals surface area contributed by atoms with Crippen LogP contribution in [0.5, 0.6) is 11.5 Å². The van der Waals surface area contributed by atoms with Gasteiger partial charge in [-0.2, -0.15) is 0 Å². The van der Waals surface area contributed by atoms with Crippen LogP contribution in [-0.4, -0.2) is 0 Å². The standard InChI is InChI=1S/C29H44O3P.Cs/c1-19-16-21(27(5,6)7)18-23(29(11,12)13)25(19)32-33(30)31-24-15-14-20(26(2,3)4)17-22(24)28(8,9)10;/h14-18H,1-13H3;/q-1;+1. The van der Waals surface area contributed by atoms with Gasteiger partial charge in [-0.05, 0) is 51.3 Å². The van der Waals surface area contributed by atoms with Crippen LogP contribution < -0.4 is 82.8 Å². The van der Waals surface area contributed by atoms with E-state index < -0.39 is 8.60 Å². The molecule has 0 heterocycles. The molecule has 0 aromatic heterocycles. The van der Waals surface area contributed by atoms with Crippen LogP contribution in [0.15, 0.2) is 30.3 Å². The molecule has 1 unspecified atom stereocenters. The van der Waals surface area contributed by atoms with E-state index in [4.69, 9.17) is 9.05 Å². The summed E-state index contributed by atoms with van der Waals surface area (Å²) in [5.74, 6) is 1.26. The fourth-order valence-corrected chi connectivity index (χ4v) is 4.47. The number of hydrogen-bond acceptors (Lipinski definition) is 3. The first-order chi connectivity index (χ1) is 14.7. The zero-order chi connectivity index (χ0) is 25.6. The molecule has 3 nitrogen and oxygen atoms in total. The maximum absolute atomic E-state index is 13.2. The molecule has 0 aliphatic rings. The molecule has 0 radical (unpaired) electrons. The molecule has 0 saturated carbocycles. The normalized spacial score (nSPS) is 13.8. The Morgan fingerprint density at radius 3 is 1.53 bits per heavy atom. The fraction of sp³-hybridized carbons (Fsp3) is 0.586. The van der Waals surface area contributed by atoms with E-state index in [1.54, 1.807) is 0 Å². The average molecular weight is 605 g/mol. The molecule has 0 amide bonds.